The molecule has 114 valence electrons. The van der Waals surface area contributed by atoms with Crippen LogP contribution in [0.4, 0.5) is 10.1 Å². The van der Waals surface area contributed by atoms with Crippen molar-refractivity contribution in [1.82, 2.24) is 0 Å². The number of amidine groups is 1. The van der Waals surface area contributed by atoms with Crippen molar-refractivity contribution in [1.29, 1.82) is 0 Å². The predicted octanol–water partition coefficient (Wildman–Crippen LogP) is 1.62. The Hall–Kier alpha value is -2.15. The number of nitrogens with one attached hydrogen (secondary N) is 1. The zero-order chi connectivity index (χ0) is 15.5. The number of aryl methyl sites for hydroxylation is 1. The Kier molecular flexibility index (Phi) is 4.42. The van der Waals surface area contributed by atoms with E-state index in [9.17, 15) is 9.18 Å². The summed E-state index contributed by atoms with van der Waals surface area (Å²) in [5.74, 6) is -0.887. The summed E-state index contributed by atoms with van der Waals surface area (Å²) in [6, 6.07) is 4.08. The first-order chi connectivity index (χ1) is 9.99. The van der Waals surface area contributed by atoms with Gasteiger partial charge in [0.15, 0.2) is 5.84 Å². The molecule has 0 saturated carbocycles. The van der Waals surface area contributed by atoms with Gasteiger partial charge in [-0.25, -0.2) is 4.39 Å². The second-order valence-corrected chi connectivity index (χ2v) is 5.09. The van der Waals surface area contributed by atoms with Crippen LogP contribution >= 0.6 is 0 Å². The van der Waals surface area contributed by atoms with Crippen LogP contribution in [0.3, 0.4) is 0 Å². The lowest BCUT2D eigenvalue weighted by Crippen LogP contribution is -2.50. The molecule has 1 amide bonds. The van der Waals surface area contributed by atoms with Crippen molar-refractivity contribution in [2.45, 2.75) is 19.8 Å². The summed E-state index contributed by atoms with van der Waals surface area (Å²) in [6.45, 7) is 2.40. The number of rotatable bonds is 3. The maximum absolute atomic E-state index is 13.1. The number of hydrogen-bond acceptors (Lipinski definition) is 4. The quantitative estimate of drug-likeness (QED) is 0.341. The molecule has 2 rings (SSSR count). The maximum Gasteiger partial charge on any atom is 0.238 e. The number of benzene rings is 1. The number of hydrogen-bond donors (Lipinski definition) is 3. The molecule has 0 aromatic heterocycles. The van der Waals surface area contributed by atoms with E-state index < -0.39 is 5.41 Å². The van der Waals surface area contributed by atoms with Crippen LogP contribution in [-0.4, -0.2) is 30.2 Å². The maximum atomic E-state index is 13.1. The number of ether oxygens (including phenoxy) is 1. The molecule has 0 unspecified atom stereocenters. The van der Waals surface area contributed by atoms with Gasteiger partial charge in [0.2, 0.25) is 5.91 Å². The Morgan fingerprint density at radius 1 is 1.48 bits per heavy atom. The minimum Gasteiger partial charge on any atom is -0.409 e. The van der Waals surface area contributed by atoms with Crippen molar-refractivity contribution in [2.75, 3.05) is 18.5 Å². The van der Waals surface area contributed by atoms with Crippen molar-refractivity contribution in [3.63, 3.8) is 0 Å². The Morgan fingerprint density at radius 3 is 2.71 bits per heavy atom. The lowest BCUT2D eigenvalue weighted by Gasteiger charge is -2.34. The standard InChI is InChI=1S/C14H18FN3O3/c1-9-8-10(15)2-3-11(9)17-13(19)14(12(16)18-20)4-6-21-7-5-14/h2-3,8,20H,4-7H2,1H3,(H2,16,18)(H,17,19). The Balaban J connectivity index is 2.27. The summed E-state index contributed by atoms with van der Waals surface area (Å²) in [5, 5.41) is 14.7. The van der Waals surface area contributed by atoms with Crippen LogP contribution in [0.2, 0.25) is 0 Å². The third-order valence-electron chi connectivity index (χ3n) is 3.82. The highest BCUT2D eigenvalue weighted by Crippen LogP contribution is 2.33. The predicted molar refractivity (Wildman–Crippen MR) is 75.7 cm³/mol. The second-order valence-electron chi connectivity index (χ2n) is 5.09. The minimum atomic E-state index is -1.10. The summed E-state index contributed by atoms with van der Waals surface area (Å²) in [6.07, 6.45) is 0.657. The fraction of sp³-hybridized carbons (Fsp3) is 0.429. The first-order valence-electron chi connectivity index (χ1n) is 6.63. The molecular formula is C14H18FN3O3. The largest absolute Gasteiger partial charge is 0.409 e. The van der Waals surface area contributed by atoms with Gasteiger partial charge in [0, 0.05) is 18.9 Å². The van der Waals surface area contributed by atoms with Crippen LogP contribution in [0.15, 0.2) is 23.4 Å². The molecule has 0 atom stereocenters. The summed E-state index contributed by atoms with van der Waals surface area (Å²) in [4.78, 5) is 12.6. The molecule has 21 heavy (non-hydrogen) atoms. The van der Waals surface area contributed by atoms with Gasteiger partial charge in [-0.15, -0.1) is 0 Å². The molecule has 0 radical (unpaired) electrons. The van der Waals surface area contributed by atoms with E-state index in [0.717, 1.165) is 0 Å². The van der Waals surface area contributed by atoms with Crippen LogP contribution < -0.4 is 11.1 Å². The molecule has 1 aliphatic heterocycles. The number of halogens is 1. The van der Waals surface area contributed by atoms with E-state index in [1.807, 2.05) is 0 Å². The molecule has 4 N–H and O–H groups in total. The molecule has 7 heteroatoms. The topological polar surface area (TPSA) is 96.9 Å². The number of amides is 1. The van der Waals surface area contributed by atoms with Crippen molar-refractivity contribution in [2.24, 2.45) is 16.3 Å². The molecule has 0 bridgehead atoms. The summed E-state index contributed by atoms with van der Waals surface area (Å²) in [7, 11) is 0. The fourth-order valence-corrected chi connectivity index (χ4v) is 2.42. The Bertz CT molecular complexity index is 569. The molecule has 0 aliphatic carbocycles. The first-order valence-corrected chi connectivity index (χ1v) is 6.63. The average Bonchev–Trinajstić information content (AvgIpc) is 2.49. The van der Waals surface area contributed by atoms with Gasteiger partial charge in [0.25, 0.3) is 0 Å². The van der Waals surface area contributed by atoms with Gasteiger partial charge in [-0.3, -0.25) is 4.79 Å². The zero-order valence-corrected chi connectivity index (χ0v) is 11.7. The molecule has 6 nitrogen and oxygen atoms in total. The van der Waals surface area contributed by atoms with Crippen molar-refractivity contribution in [3.8, 4) is 0 Å². The molecule has 1 aliphatic rings. The van der Waals surface area contributed by atoms with Gasteiger partial charge in [0.05, 0.1) is 0 Å². The highest BCUT2D eigenvalue weighted by Gasteiger charge is 2.44. The van der Waals surface area contributed by atoms with Crippen molar-refractivity contribution >= 4 is 17.4 Å². The molecular weight excluding hydrogens is 277 g/mol. The second kappa shape index (κ2) is 6.09. The van der Waals surface area contributed by atoms with Crippen LogP contribution in [0.25, 0.3) is 0 Å². The van der Waals surface area contributed by atoms with E-state index in [1.165, 1.54) is 18.2 Å². The van der Waals surface area contributed by atoms with E-state index >= 15 is 0 Å². The smallest absolute Gasteiger partial charge is 0.238 e. The van der Waals surface area contributed by atoms with Gasteiger partial charge in [-0.1, -0.05) is 5.16 Å². The zero-order valence-electron chi connectivity index (χ0n) is 11.7. The summed E-state index contributed by atoms with van der Waals surface area (Å²) >= 11 is 0. The van der Waals surface area contributed by atoms with E-state index in [4.69, 9.17) is 15.7 Å². The fourth-order valence-electron chi connectivity index (χ4n) is 2.42. The molecule has 0 spiro atoms. The Morgan fingerprint density at radius 2 is 2.14 bits per heavy atom. The van der Waals surface area contributed by atoms with Gasteiger partial charge in [0.1, 0.15) is 11.2 Å². The minimum absolute atomic E-state index is 0.136. The van der Waals surface area contributed by atoms with Crippen molar-refractivity contribution < 1.29 is 19.1 Å². The highest BCUT2D eigenvalue weighted by atomic mass is 19.1. The van der Waals surface area contributed by atoms with Crippen LogP contribution in [-0.2, 0) is 9.53 Å². The molecule has 1 aromatic carbocycles. The number of oxime groups is 1. The summed E-state index contributed by atoms with van der Waals surface area (Å²) < 4.78 is 18.3. The summed E-state index contributed by atoms with van der Waals surface area (Å²) in [5.41, 5.74) is 5.72. The molecule has 1 saturated heterocycles. The molecule has 1 fully saturated rings. The van der Waals surface area contributed by atoms with Crippen LogP contribution in [0, 0.1) is 18.2 Å². The lowest BCUT2D eigenvalue weighted by atomic mass is 9.78. The molecule has 1 aromatic rings. The van der Waals surface area contributed by atoms with Gasteiger partial charge in [-0.05, 0) is 43.5 Å². The number of nitrogens with two attached hydrogens (primary N) is 1. The number of carbonyl (C=O) groups excluding carboxylic acids is 1. The van der Waals surface area contributed by atoms with Gasteiger partial charge >= 0.3 is 0 Å². The van der Waals surface area contributed by atoms with Gasteiger partial charge < -0.3 is 21.0 Å². The lowest BCUT2D eigenvalue weighted by molar-refractivity contribution is -0.126. The van der Waals surface area contributed by atoms with Crippen LogP contribution in [0.1, 0.15) is 18.4 Å². The third-order valence-corrected chi connectivity index (χ3v) is 3.82. The normalized spacial score (nSPS) is 18.3. The highest BCUT2D eigenvalue weighted by molar-refractivity contribution is 6.12. The Labute approximate surface area is 121 Å². The third kappa shape index (κ3) is 2.97. The van der Waals surface area contributed by atoms with E-state index in [0.29, 0.717) is 37.3 Å². The van der Waals surface area contributed by atoms with E-state index in [1.54, 1.807) is 6.92 Å². The number of anilines is 1. The molecule has 1 heterocycles. The van der Waals surface area contributed by atoms with Gasteiger partial charge in [-0.2, -0.15) is 0 Å². The van der Waals surface area contributed by atoms with Crippen molar-refractivity contribution in [3.05, 3.63) is 29.6 Å². The first kappa shape index (κ1) is 15.2. The number of nitrogens with zero attached hydrogens (tertiary/aromatic N) is 1. The SMILES string of the molecule is Cc1cc(F)ccc1NC(=O)C1(C(N)=NO)CCOCC1. The monoisotopic (exact) mass is 295 g/mol. The number of carbonyl (C=O) groups is 1. The average molecular weight is 295 g/mol. The van der Waals surface area contributed by atoms with E-state index in [-0.39, 0.29) is 17.6 Å². The van der Waals surface area contributed by atoms with E-state index in [2.05, 4.69) is 10.5 Å². The van der Waals surface area contributed by atoms with Crippen LogP contribution in [0.5, 0.6) is 0 Å².